The molecule has 0 saturated heterocycles. The molecule has 102 valence electrons. The van der Waals surface area contributed by atoms with Crippen LogP contribution in [0.5, 0.6) is 5.75 Å². The van der Waals surface area contributed by atoms with Crippen LogP contribution in [0.2, 0.25) is 0 Å². The van der Waals surface area contributed by atoms with Crippen molar-refractivity contribution < 1.29 is 15.0 Å². The Bertz CT molecular complexity index is 789. The summed E-state index contributed by atoms with van der Waals surface area (Å²) >= 11 is 3.25. The molecule has 0 saturated carbocycles. The van der Waals surface area contributed by atoms with E-state index in [1.165, 1.54) is 24.5 Å². The molecule has 5 nitrogen and oxygen atoms in total. The van der Waals surface area contributed by atoms with E-state index in [0.29, 0.717) is 4.47 Å². The predicted molar refractivity (Wildman–Crippen MR) is 76.4 cm³/mol. The van der Waals surface area contributed by atoms with Crippen LogP contribution in [0.1, 0.15) is 21.7 Å². The Kier molecular flexibility index (Phi) is 2.53. The topological polar surface area (TPSA) is 55.3 Å². The molecule has 0 radical (unpaired) electrons. The molecule has 0 atom stereocenters. The molecular formula is C14H12BrN3O2. The summed E-state index contributed by atoms with van der Waals surface area (Å²) in [6, 6.07) is 6.08. The summed E-state index contributed by atoms with van der Waals surface area (Å²) in [6.45, 7) is -5.77. The van der Waals surface area contributed by atoms with Crippen molar-refractivity contribution in [2.24, 2.45) is 0 Å². The van der Waals surface area contributed by atoms with Gasteiger partial charge in [-0.05, 0) is 24.3 Å². The fraction of sp³-hybridized carbons (Fsp3) is 0.214. The maximum Gasteiger partial charge on any atom is 0.258 e. The van der Waals surface area contributed by atoms with E-state index < -0.39 is 19.0 Å². The van der Waals surface area contributed by atoms with Gasteiger partial charge < -0.3 is 9.64 Å². The molecule has 3 rings (SSSR count). The van der Waals surface area contributed by atoms with Gasteiger partial charge in [0.2, 0.25) is 0 Å². The fourth-order valence-corrected chi connectivity index (χ4v) is 2.11. The van der Waals surface area contributed by atoms with E-state index in [1.54, 1.807) is 12.1 Å². The SMILES string of the molecule is [2H]C1([2H])Oc2ccc(Br)cc2C(=O)N(Cc2ncccn2)C1([2H])[2H]. The van der Waals surface area contributed by atoms with Crippen molar-refractivity contribution in [1.82, 2.24) is 14.9 Å². The minimum atomic E-state index is -2.75. The van der Waals surface area contributed by atoms with Crippen LogP contribution in [-0.4, -0.2) is 33.8 Å². The van der Waals surface area contributed by atoms with Gasteiger partial charge >= 0.3 is 0 Å². The number of carbonyl (C=O) groups excluding carboxylic acids is 1. The zero-order valence-corrected chi connectivity index (χ0v) is 11.8. The van der Waals surface area contributed by atoms with Gasteiger partial charge in [-0.25, -0.2) is 9.97 Å². The van der Waals surface area contributed by atoms with Crippen molar-refractivity contribution in [3.8, 4) is 5.75 Å². The molecule has 0 aliphatic carbocycles. The molecule has 0 fully saturated rings. The third kappa shape index (κ3) is 2.65. The summed E-state index contributed by atoms with van der Waals surface area (Å²) in [7, 11) is 0. The normalized spacial score (nSPS) is 22.4. The minimum absolute atomic E-state index is 0.0199. The molecule has 0 spiro atoms. The van der Waals surface area contributed by atoms with Gasteiger partial charge in [-0.3, -0.25) is 4.79 Å². The van der Waals surface area contributed by atoms with E-state index in [2.05, 4.69) is 25.9 Å². The Hall–Kier alpha value is -1.95. The number of benzene rings is 1. The molecule has 2 aromatic rings. The van der Waals surface area contributed by atoms with Gasteiger partial charge in [-0.1, -0.05) is 15.9 Å². The summed E-state index contributed by atoms with van der Waals surface area (Å²) in [6.07, 6.45) is 2.94. The van der Waals surface area contributed by atoms with E-state index in [9.17, 15) is 4.79 Å². The average Bonchev–Trinajstić information content (AvgIpc) is 2.58. The molecule has 1 amide bonds. The number of amides is 1. The van der Waals surface area contributed by atoms with Crippen LogP contribution in [0.4, 0.5) is 0 Å². The van der Waals surface area contributed by atoms with E-state index in [-0.39, 0.29) is 23.7 Å². The van der Waals surface area contributed by atoms with E-state index >= 15 is 0 Å². The minimum Gasteiger partial charge on any atom is -0.491 e. The van der Waals surface area contributed by atoms with Crippen LogP contribution in [0.15, 0.2) is 41.1 Å². The Morgan fingerprint density at radius 1 is 1.40 bits per heavy atom. The molecule has 0 unspecified atom stereocenters. The van der Waals surface area contributed by atoms with Crippen LogP contribution >= 0.6 is 15.9 Å². The van der Waals surface area contributed by atoms with Crippen LogP contribution in [-0.2, 0) is 6.54 Å². The van der Waals surface area contributed by atoms with Crippen LogP contribution < -0.4 is 4.74 Å². The summed E-state index contributed by atoms with van der Waals surface area (Å²) in [5.74, 6) is -0.525. The molecule has 2 heterocycles. The number of ether oxygens (including phenoxy) is 1. The van der Waals surface area contributed by atoms with Crippen molar-refractivity contribution in [2.45, 2.75) is 6.54 Å². The summed E-state index contributed by atoms with van der Waals surface area (Å²) in [4.78, 5) is 21.6. The lowest BCUT2D eigenvalue weighted by atomic mass is 10.2. The molecule has 0 bridgehead atoms. The summed E-state index contributed by atoms with van der Waals surface area (Å²) < 4.78 is 38.0. The third-order valence-corrected chi connectivity index (χ3v) is 3.17. The molecule has 20 heavy (non-hydrogen) atoms. The number of halogens is 1. The highest BCUT2D eigenvalue weighted by Gasteiger charge is 2.24. The predicted octanol–water partition coefficient (Wildman–Crippen LogP) is 2.27. The smallest absolute Gasteiger partial charge is 0.258 e. The highest BCUT2D eigenvalue weighted by molar-refractivity contribution is 9.10. The monoisotopic (exact) mass is 337 g/mol. The largest absolute Gasteiger partial charge is 0.491 e. The van der Waals surface area contributed by atoms with Gasteiger partial charge in [0.1, 0.15) is 18.1 Å². The molecular weight excluding hydrogens is 322 g/mol. The Morgan fingerprint density at radius 2 is 2.20 bits per heavy atom. The van der Waals surface area contributed by atoms with Crippen LogP contribution in [0.25, 0.3) is 0 Å². The number of rotatable bonds is 2. The lowest BCUT2D eigenvalue weighted by Gasteiger charge is -2.18. The quantitative estimate of drug-likeness (QED) is 0.843. The zero-order valence-electron chi connectivity index (χ0n) is 14.2. The summed E-state index contributed by atoms with van der Waals surface area (Å²) in [5.41, 5.74) is 0.0607. The van der Waals surface area contributed by atoms with E-state index in [0.717, 1.165) is 4.90 Å². The molecule has 6 heteroatoms. The zero-order chi connectivity index (χ0) is 17.5. The standard InChI is InChI=1S/C14H12BrN3O2/c15-10-2-3-12-11(8-10)14(19)18(6-7-20-12)9-13-16-4-1-5-17-13/h1-5,8H,6-7,9H2/i6D2,7D2. The van der Waals surface area contributed by atoms with Crippen molar-refractivity contribution >= 4 is 21.8 Å². The fourth-order valence-electron chi connectivity index (χ4n) is 1.75. The Labute approximate surface area is 130 Å². The number of carbonyl (C=O) groups is 1. The van der Waals surface area contributed by atoms with Gasteiger partial charge in [0.05, 0.1) is 24.1 Å². The highest BCUT2D eigenvalue weighted by atomic mass is 79.9. The molecule has 1 aliphatic heterocycles. The van der Waals surface area contributed by atoms with Gasteiger partial charge in [-0.2, -0.15) is 0 Å². The van der Waals surface area contributed by atoms with Crippen LogP contribution in [0.3, 0.4) is 0 Å². The maximum absolute atomic E-state index is 12.9. The average molecular weight is 338 g/mol. The molecule has 1 aromatic heterocycles. The summed E-state index contributed by atoms with van der Waals surface area (Å²) in [5, 5.41) is 0. The number of nitrogens with zero attached hydrogens (tertiary/aromatic N) is 3. The van der Waals surface area contributed by atoms with Gasteiger partial charge in [0, 0.05) is 16.9 Å². The highest BCUT2D eigenvalue weighted by Crippen LogP contribution is 2.26. The number of fused-ring (bicyclic) bond motifs is 1. The lowest BCUT2D eigenvalue weighted by Crippen LogP contribution is -2.32. The third-order valence-electron chi connectivity index (χ3n) is 2.68. The Balaban J connectivity index is 2.12. The van der Waals surface area contributed by atoms with Crippen molar-refractivity contribution in [2.75, 3.05) is 13.1 Å². The second-order valence-electron chi connectivity index (χ2n) is 4.01. The molecule has 1 aliphatic rings. The van der Waals surface area contributed by atoms with Crippen molar-refractivity contribution in [3.05, 3.63) is 52.5 Å². The Morgan fingerprint density at radius 3 is 3.00 bits per heavy atom. The second-order valence-corrected chi connectivity index (χ2v) is 4.93. The number of hydrogen-bond acceptors (Lipinski definition) is 4. The van der Waals surface area contributed by atoms with Crippen molar-refractivity contribution in [1.29, 1.82) is 0 Å². The molecule has 0 N–H and O–H groups in total. The second kappa shape index (κ2) is 5.58. The van der Waals surface area contributed by atoms with Gasteiger partial charge in [-0.15, -0.1) is 0 Å². The van der Waals surface area contributed by atoms with E-state index in [1.807, 2.05) is 0 Å². The number of aromatic nitrogens is 2. The lowest BCUT2D eigenvalue weighted by molar-refractivity contribution is 0.0738. The first-order valence-electron chi connectivity index (χ1n) is 7.79. The number of hydrogen-bond donors (Lipinski definition) is 0. The van der Waals surface area contributed by atoms with E-state index in [4.69, 9.17) is 10.2 Å². The first kappa shape index (κ1) is 9.07. The van der Waals surface area contributed by atoms with Crippen molar-refractivity contribution in [3.63, 3.8) is 0 Å². The van der Waals surface area contributed by atoms with Gasteiger partial charge in [0.15, 0.2) is 0 Å². The first-order valence-corrected chi connectivity index (χ1v) is 6.58. The van der Waals surface area contributed by atoms with Gasteiger partial charge in [0.25, 0.3) is 5.91 Å². The first-order chi connectivity index (χ1) is 11.2. The van der Waals surface area contributed by atoms with Crippen LogP contribution in [0, 0.1) is 0 Å². The maximum atomic E-state index is 12.9. The molecule has 1 aromatic carbocycles.